The molecule has 0 nitrogen and oxygen atoms in total. The van der Waals surface area contributed by atoms with Crippen molar-refractivity contribution in [2.75, 3.05) is 0 Å². The highest BCUT2D eigenvalue weighted by atomic mass is 14.6. The lowest BCUT2D eigenvalue weighted by Crippen LogP contribution is -2.27. The first-order valence-corrected chi connectivity index (χ1v) is 16.5. The monoisotopic (exact) mass is 493 g/mol. The van der Waals surface area contributed by atoms with Gasteiger partial charge in [-0.1, -0.05) is 129 Å². The van der Waals surface area contributed by atoms with Crippen molar-refractivity contribution in [3.05, 3.63) is 0 Å². The van der Waals surface area contributed by atoms with Crippen LogP contribution in [0, 0.1) is 64.6 Å². The normalized spacial score (nSPS) is 39.6. The quantitative estimate of drug-likeness (QED) is 0.359. The van der Waals surface area contributed by atoms with Gasteiger partial charge in [-0.15, -0.1) is 0 Å². The van der Waals surface area contributed by atoms with Crippen LogP contribution < -0.4 is 0 Å². The Bertz CT molecular complexity index is 455. The molecule has 0 amide bonds. The molecule has 0 bridgehead atoms. The number of fused-ring (bicyclic) bond motifs is 2. The smallest absolute Gasteiger partial charge is 0.0352 e. The summed E-state index contributed by atoms with van der Waals surface area (Å²) in [5.41, 5.74) is 0.500. The van der Waals surface area contributed by atoms with Crippen molar-refractivity contribution in [2.24, 2.45) is 64.6 Å². The SMILES string of the molecule is CC.CC.CC(C)(C)C.CC1C(C)C(CC2C(C)C(C)C3CCCCC32)C2CCCCC12.CCC. The standard InChI is InChI=1S/C23H40.C5H12.C3H8.2C2H6/c1-14-16(3)22(20-11-7-5-9-18(14)20)13-23-17(4)15(2)19-10-6-8-12-21(19)23;1-5(2,3)4;1-3-2;2*1-2/h14-23H,5-13H2,1-4H3;1-4H3;3H2,1-2H3;2*1-2H3. The van der Waals surface area contributed by atoms with E-state index in [1.165, 1.54) is 32.1 Å². The van der Waals surface area contributed by atoms with Crippen molar-refractivity contribution >= 4 is 0 Å². The predicted molar refractivity (Wildman–Crippen MR) is 163 cm³/mol. The van der Waals surface area contributed by atoms with Crippen molar-refractivity contribution in [1.82, 2.24) is 0 Å². The molecule has 4 aliphatic rings. The molecule has 4 saturated carbocycles. The molecule has 0 aromatic rings. The summed E-state index contributed by atoms with van der Waals surface area (Å²) in [6, 6.07) is 0. The van der Waals surface area contributed by atoms with Gasteiger partial charge in [0, 0.05) is 0 Å². The van der Waals surface area contributed by atoms with Crippen molar-refractivity contribution < 1.29 is 0 Å². The second-order valence-corrected chi connectivity index (χ2v) is 13.9. The fourth-order valence-electron chi connectivity index (χ4n) is 8.18. The second-order valence-electron chi connectivity index (χ2n) is 13.9. The molecule has 0 saturated heterocycles. The zero-order valence-electron chi connectivity index (χ0n) is 27.3. The maximum absolute atomic E-state index is 2.62. The summed E-state index contributed by atoms with van der Waals surface area (Å²) in [6.45, 7) is 31.4. The minimum absolute atomic E-state index is 0.500. The summed E-state index contributed by atoms with van der Waals surface area (Å²) in [7, 11) is 0. The topological polar surface area (TPSA) is 0 Å². The largest absolute Gasteiger partial charge is 0.0683 e. The van der Waals surface area contributed by atoms with Crippen LogP contribution in [0.5, 0.6) is 0 Å². The van der Waals surface area contributed by atoms with E-state index in [0.717, 1.165) is 59.2 Å². The van der Waals surface area contributed by atoms with Gasteiger partial charge < -0.3 is 0 Å². The average molecular weight is 493 g/mol. The Kier molecular flexibility index (Phi) is 17.5. The highest BCUT2D eigenvalue weighted by Crippen LogP contribution is 2.59. The molecule has 0 radical (unpaired) electrons. The minimum Gasteiger partial charge on any atom is -0.0683 e. The van der Waals surface area contributed by atoms with Gasteiger partial charge in [0.1, 0.15) is 0 Å². The molecular weight excluding hydrogens is 420 g/mol. The van der Waals surface area contributed by atoms with E-state index in [4.69, 9.17) is 0 Å². The lowest BCUT2D eigenvalue weighted by Gasteiger charge is -2.36. The molecule has 0 heterocycles. The van der Waals surface area contributed by atoms with Crippen LogP contribution >= 0.6 is 0 Å². The van der Waals surface area contributed by atoms with Crippen LogP contribution in [0.15, 0.2) is 0 Å². The third kappa shape index (κ3) is 10.3. The van der Waals surface area contributed by atoms with Gasteiger partial charge in [-0.25, -0.2) is 0 Å². The molecule has 10 atom stereocenters. The predicted octanol–water partition coefficient (Wildman–Crippen LogP) is 12.3. The summed E-state index contributed by atoms with van der Waals surface area (Å²) < 4.78 is 0. The van der Waals surface area contributed by atoms with Crippen molar-refractivity contribution in [1.29, 1.82) is 0 Å². The maximum Gasteiger partial charge on any atom is -0.0352 e. The Morgan fingerprint density at radius 3 is 0.971 bits per heavy atom. The zero-order chi connectivity index (χ0) is 27.3. The molecule has 0 heteroatoms. The average Bonchev–Trinajstić information content (AvgIpc) is 3.22. The molecule has 0 aromatic carbocycles. The lowest BCUT2D eigenvalue weighted by molar-refractivity contribution is 0.140. The first kappa shape index (κ1) is 35.0. The van der Waals surface area contributed by atoms with Crippen LogP contribution in [0.4, 0.5) is 0 Å². The summed E-state index contributed by atoms with van der Waals surface area (Å²) in [5.74, 6) is 10.5. The molecular formula is C35H72. The van der Waals surface area contributed by atoms with Gasteiger partial charge in [-0.05, 0) is 96.7 Å². The first-order chi connectivity index (χ1) is 16.5. The Morgan fingerprint density at radius 2 is 0.714 bits per heavy atom. The summed E-state index contributed by atoms with van der Waals surface area (Å²) >= 11 is 0. The van der Waals surface area contributed by atoms with E-state index < -0.39 is 0 Å². The van der Waals surface area contributed by atoms with Crippen LogP contribution in [-0.2, 0) is 0 Å². The molecule has 212 valence electrons. The van der Waals surface area contributed by atoms with Crippen LogP contribution in [-0.4, -0.2) is 0 Å². The fourth-order valence-corrected chi connectivity index (χ4v) is 8.18. The second kappa shape index (κ2) is 17.5. The number of rotatable bonds is 2. The Balaban J connectivity index is 0.000000824. The van der Waals surface area contributed by atoms with Gasteiger partial charge in [-0.2, -0.15) is 0 Å². The number of hydrogen-bond acceptors (Lipinski definition) is 0. The molecule has 35 heavy (non-hydrogen) atoms. The molecule has 0 N–H and O–H groups in total. The van der Waals surface area contributed by atoms with E-state index in [1.54, 1.807) is 32.1 Å². The summed E-state index contributed by atoms with van der Waals surface area (Å²) in [4.78, 5) is 0. The minimum atomic E-state index is 0.500. The van der Waals surface area contributed by atoms with Gasteiger partial charge in [0.05, 0.1) is 0 Å². The molecule has 10 unspecified atom stereocenters. The van der Waals surface area contributed by atoms with E-state index in [1.807, 2.05) is 27.7 Å². The van der Waals surface area contributed by atoms with Crippen LogP contribution in [0.3, 0.4) is 0 Å². The fraction of sp³-hybridized carbons (Fsp3) is 1.00. The lowest BCUT2D eigenvalue weighted by atomic mass is 9.70. The third-order valence-corrected chi connectivity index (χ3v) is 9.75. The van der Waals surface area contributed by atoms with Gasteiger partial charge in [-0.3, -0.25) is 0 Å². The Morgan fingerprint density at radius 1 is 0.486 bits per heavy atom. The molecule has 0 spiro atoms. The summed E-state index contributed by atoms with van der Waals surface area (Å²) in [6.07, 6.45) is 15.2. The molecule has 4 aliphatic carbocycles. The van der Waals surface area contributed by atoms with Gasteiger partial charge in [0.25, 0.3) is 0 Å². The highest BCUT2D eigenvalue weighted by molar-refractivity contribution is 5.00. The highest BCUT2D eigenvalue weighted by Gasteiger charge is 2.51. The molecule has 4 rings (SSSR count). The van der Waals surface area contributed by atoms with E-state index in [0.29, 0.717) is 5.41 Å². The Labute approximate surface area is 225 Å². The van der Waals surface area contributed by atoms with Crippen molar-refractivity contribution in [3.8, 4) is 0 Å². The maximum atomic E-state index is 2.62. The van der Waals surface area contributed by atoms with Gasteiger partial charge in [0.2, 0.25) is 0 Å². The van der Waals surface area contributed by atoms with Gasteiger partial charge >= 0.3 is 0 Å². The third-order valence-electron chi connectivity index (χ3n) is 9.75. The van der Waals surface area contributed by atoms with Crippen LogP contribution in [0.2, 0.25) is 0 Å². The van der Waals surface area contributed by atoms with Crippen LogP contribution in [0.25, 0.3) is 0 Å². The van der Waals surface area contributed by atoms with Crippen LogP contribution in [0.1, 0.15) is 161 Å². The van der Waals surface area contributed by atoms with E-state index in [9.17, 15) is 0 Å². The van der Waals surface area contributed by atoms with E-state index in [-0.39, 0.29) is 0 Å². The molecule has 0 aliphatic heterocycles. The molecule has 0 aromatic heterocycles. The Hall–Kier alpha value is 0. The van der Waals surface area contributed by atoms with E-state index >= 15 is 0 Å². The van der Waals surface area contributed by atoms with Crippen molar-refractivity contribution in [3.63, 3.8) is 0 Å². The van der Waals surface area contributed by atoms with Crippen molar-refractivity contribution in [2.45, 2.75) is 161 Å². The number of hydrogen-bond donors (Lipinski definition) is 0. The summed E-state index contributed by atoms with van der Waals surface area (Å²) in [5, 5.41) is 0. The molecule has 4 fully saturated rings. The van der Waals surface area contributed by atoms with E-state index in [2.05, 4.69) is 69.2 Å². The zero-order valence-corrected chi connectivity index (χ0v) is 27.3. The first-order valence-electron chi connectivity index (χ1n) is 16.5. The van der Waals surface area contributed by atoms with Gasteiger partial charge in [0.15, 0.2) is 0 Å².